The highest BCUT2D eigenvalue weighted by Gasteiger charge is 2.37. The van der Waals surface area contributed by atoms with Crippen LogP contribution in [-0.4, -0.2) is 31.3 Å². The summed E-state index contributed by atoms with van der Waals surface area (Å²) >= 11 is 1.17. The van der Waals surface area contributed by atoms with E-state index in [2.05, 4.69) is 23.3 Å². The van der Waals surface area contributed by atoms with Crippen molar-refractivity contribution < 1.29 is 23.5 Å². The number of hydrogen-bond acceptors (Lipinski definition) is 8. The molecule has 0 radical (unpaired) electrons. The number of carbonyl (C=O) groups is 2. The number of furan rings is 1. The van der Waals surface area contributed by atoms with Crippen molar-refractivity contribution in [2.75, 3.05) is 24.8 Å². The summed E-state index contributed by atoms with van der Waals surface area (Å²) in [7, 11) is 1.57. The number of hydrogen-bond donors (Lipinski definition) is 2. The molecule has 33 heavy (non-hydrogen) atoms. The van der Waals surface area contributed by atoms with Gasteiger partial charge in [-0.15, -0.1) is 0 Å². The highest BCUT2D eigenvalue weighted by molar-refractivity contribution is 8.03. The number of anilines is 1. The fourth-order valence-corrected chi connectivity index (χ4v) is 4.15. The van der Waals surface area contributed by atoms with E-state index in [-0.39, 0.29) is 29.4 Å². The van der Waals surface area contributed by atoms with Crippen molar-refractivity contribution in [1.29, 1.82) is 5.26 Å². The molecule has 2 heterocycles. The molecule has 0 saturated carbocycles. The Morgan fingerprint density at radius 2 is 2.09 bits per heavy atom. The lowest BCUT2D eigenvalue weighted by atomic mass is 9.86. The lowest BCUT2D eigenvalue weighted by molar-refractivity contribution is -0.138. The van der Waals surface area contributed by atoms with E-state index in [4.69, 9.17) is 13.9 Å². The van der Waals surface area contributed by atoms with Gasteiger partial charge in [-0.2, -0.15) is 5.26 Å². The van der Waals surface area contributed by atoms with Gasteiger partial charge in [-0.05, 0) is 43.3 Å². The summed E-state index contributed by atoms with van der Waals surface area (Å²) in [6.07, 6.45) is 2.94. The third-order valence-electron chi connectivity index (χ3n) is 4.75. The minimum atomic E-state index is -0.754. The number of esters is 1. The second-order valence-electron chi connectivity index (χ2n) is 6.92. The lowest BCUT2D eigenvalue weighted by Crippen LogP contribution is -2.29. The summed E-state index contributed by atoms with van der Waals surface area (Å²) < 4.78 is 15.9. The Morgan fingerprint density at radius 1 is 1.33 bits per heavy atom. The Balaban J connectivity index is 1.80. The third-order valence-corrected chi connectivity index (χ3v) is 5.77. The third kappa shape index (κ3) is 5.67. The first-order valence-electron chi connectivity index (χ1n) is 9.98. The molecule has 3 rings (SSSR count). The summed E-state index contributed by atoms with van der Waals surface area (Å²) in [5, 5.41) is 16.3. The predicted octanol–water partition coefficient (Wildman–Crippen LogP) is 4.09. The molecule has 0 unspecified atom stereocenters. The van der Waals surface area contributed by atoms with E-state index >= 15 is 0 Å². The van der Waals surface area contributed by atoms with Gasteiger partial charge in [0.15, 0.2) is 0 Å². The van der Waals surface area contributed by atoms with Gasteiger partial charge in [0, 0.05) is 11.4 Å². The molecule has 9 heteroatoms. The minimum absolute atomic E-state index is 0.0409. The second kappa shape index (κ2) is 11.1. The van der Waals surface area contributed by atoms with Gasteiger partial charge in [0.05, 0.1) is 47.3 Å². The van der Waals surface area contributed by atoms with Gasteiger partial charge in [0.2, 0.25) is 5.91 Å². The maximum Gasteiger partial charge on any atom is 0.337 e. The standard InChI is InChI=1S/C24H23N3O5S/c1-4-11-32-24(29)21-15(2)26-23(18(13-25)22(21)19-6-5-12-31-19)33-14-20(28)27-16-7-9-17(30-3)10-8-16/h4-10,12,22,26H,1,11,14H2,2-3H3,(H,27,28)/t22-/m0/s1. The normalized spacial score (nSPS) is 15.4. The number of thioether (sulfide) groups is 1. The largest absolute Gasteiger partial charge is 0.497 e. The Labute approximate surface area is 195 Å². The van der Waals surface area contributed by atoms with E-state index < -0.39 is 11.9 Å². The highest BCUT2D eigenvalue weighted by Crippen LogP contribution is 2.41. The van der Waals surface area contributed by atoms with Crippen LogP contribution in [0.15, 0.2) is 81.6 Å². The summed E-state index contributed by atoms with van der Waals surface area (Å²) in [6, 6.07) is 12.5. The number of allylic oxidation sites excluding steroid dienone is 2. The molecule has 1 atom stereocenters. The number of nitrogens with one attached hydrogen (secondary N) is 2. The zero-order valence-electron chi connectivity index (χ0n) is 18.2. The monoisotopic (exact) mass is 465 g/mol. The molecule has 1 aromatic carbocycles. The summed E-state index contributed by atoms with van der Waals surface area (Å²) in [4.78, 5) is 25.2. The number of nitrogens with zero attached hydrogens (tertiary/aromatic N) is 1. The first kappa shape index (κ1) is 23.8. The minimum Gasteiger partial charge on any atom is -0.497 e. The van der Waals surface area contributed by atoms with E-state index in [9.17, 15) is 14.9 Å². The molecule has 1 aliphatic heterocycles. The average Bonchev–Trinajstić information content (AvgIpc) is 3.35. The van der Waals surface area contributed by atoms with Crippen molar-refractivity contribution >= 4 is 29.3 Å². The molecule has 0 saturated heterocycles. The molecule has 170 valence electrons. The number of rotatable bonds is 9. The van der Waals surface area contributed by atoms with Gasteiger partial charge in [-0.3, -0.25) is 4.79 Å². The lowest BCUT2D eigenvalue weighted by Gasteiger charge is -2.27. The topological polar surface area (TPSA) is 114 Å². The zero-order valence-corrected chi connectivity index (χ0v) is 19.0. The summed E-state index contributed by atoms with van der Waals surface area (Å²) in [6.45, 7) is 5.31. The van der Waals surface area contributed by atoms with Crippen molar-refractivity contribution in [2.45, 2.75) is 12.8 Å². The maximum absolute atomic E-state index is 12.7. The van der Waals surface area contributed by atoms with E-state index in [1.54, 1.807) is 50.4 Å². The van der Waals surface area contributed by atoms with Crippen LogP contribution < -0.4 is 15.4 Å². The van der Waals surface area contributed by atoms with Crippen LogP contribution in [0.5, 0.6) is 5.75 Å². The Kier molecular flexibility index (Phi) is 8.00. The molecule has 2 N–H and O–H groups in total. The van der Waals surface area contributed by atoms with Crippen molar-refractivity contribution in [3.8, 4) is 11.8 Å². The van der Waals surface area contributed by atoms with Gasteiger partial charge < -0.3 is 24.5 Å². The number of dihydropyridines is 1. The van der Waals surface area contributed by atoms with Gasteiger partial charge in [0.1, 0.15) is 18.1 Å². The molecule has 1 aromatic heterocycles. The fourth-order valence-electron chi connectivity index (χ4n) is 3.26. The van der Waals surface area contributed by atoms with Crippen LogP contribution in [0.25, 0.3) is 0 Å². The number of nitriles is 1. The number of benzene rings is 1. The van der Waals surface area contributed by atoms with E-state index in [1.165, 1.54) is 24.1 Å². The molecule has 0 bridgehead atoms. The fraction of sp³-hybridized carbons (Fsp3) is 0.208. The summed E-state index contributed by atoms with van der Waals surface area (Å²) in [5.74, 6) is -0.409. The van der Waals surface area contributed by atoms with Crippen molar-refractivity contribution in [1.82, 2.24) is 5.32 Å². The summed E-state index contributed by atoms with van der Waals surface area (Å²) in [5.41, 5.74) is 1.69. The molecule has 1 aliphatic rings. The van der Waals surface area contributed by atoms with Gasteiger partial charge in [0.25, 0.3) is 0 Å². The molecule has 0 spiro atoms. The molecule has 1 amide bonds. The molecule has 2 aromatic rings. The van der Waals surface area contributed by atoms with Crippen LogP contribution in [0.3, 0.4) is 0 Å². The quantitative estimate of drug-likeness (QED) is 0.421. The Hall–Kier alpha value is -3.90. The Bertz CT molecular complexity index is 1130. The smallest absolute Gasteiger partial charge is 0.337 e. The first-order valence-corrected chi connectivity index (χ1v) is 11.0. The Morgan fingerprint density at radius 3 is 2.70 bits per heavy atom. The van der Waals surface area contributed by atoms with Crippen molar-refractivity contribution in [2.24, 2.45) is 0 Å². The highest BCUT2D eigenvalue weighted by atomic mass is 32.2. The predicted molar refractivity (Wildman–Crippen MR) is 125 cm³/mol. The van der Waals surface area contributed by atoms with Crippen LogP contribution in [0.1, 0.15) is 18.6 Å². The van der Waals surface area contributed by atoms with Crippen LogP contribution >= 0.6 is 11.8 Å². The first-order chi connectivity index (χ1) is 16.0. The van der Waals surface area contributed by atoms with E-state index in [1.807, 2.05) is 0 Å². The van der Waals surface area contributed by atoms with Gasteiger partial charge in [-0.1, -0.05) is 24.4 Å². The van der Waals surface area contributed by atoms with Crippen LogP contribution in [-0.2, 0) is 14.3 Å². The molecular weight excluding hydrogens is 442 g/mol. The molecule has 0 fully saturated rings. The maximum atomic E-state index is 12.7. The molecular formula is C24H23N3O5S. The number of amides is 1. The van der Waals surface area contributed by atoms with Crippen molar-refractivity contribution in [3.63, 3.8) is 0 Å². The molecule has 8 nitrogen and oxygen atoms in total. The van der Waals surface area contributed by atoms with Crippen LogP contribution in [0.4, 0.5) is 5.69 Å². The van der Waals surface area contributed by atoms with Gasteiger partial charge in [-0.25, -0.2) is 4.79 Å². The molecule has 0 aliphatic carbocycles. The van der Waals surface area contributed by atoms with Crippen LogP contribution in [0.2, 0.25) is 0 Å². The average molecular weight is 466 g/mol. The number of methoxy groups -OCH3 is 1. The number of ether oxygens (including phenoxy) is 2. The van der Waals surface area contributed by atoms with E-state index in [0.29, 0.717) is 27.9 Å². The van der Waals surface area contributed by atoms with E-state index in [0.717, 1.165) is 0 Å². The van der Waals surface area contributed by atoms with Crippen molar-refractivity contribution in [3.05, 3.63) is 82.9 Å². The van der Waals surface area contributed by atoms with Gasteiger partial charge >= 0.3 is 5.97 Å². The zero-order chi connectivity index (χ0) is 23.8. The SMILES string of the molecule is C=CCOC(=O)C1=C(C)NC(SCC(=O)Nc2ccc(OC)cc2)=C(C#N)[C@H]1c1ccco1. The van der Waals surface area contributed by atoms with Crippen LogP contribution in [0, 0.1) is 11.3 Å². The second-order valence-corrected chi connectivity index (χ2v) is 7.90. The number of carbonyl (C=O) groups excluding carboxylic acids is 2.